The zero-order chi connectivity index (χ0) is 15.1. The molecule has 118 valence electrons. The Kier molecular flexibility index (Phi) is 6.33. The number of piperidine rings is 1. The topological polar surface area (TPSA) is 47.7 Å². The van der Waals surface area contributed by atoms with E-state index in [-0.39, 0.29) is 6.10 Å². The lowest BCUT2D eigenvalue weighted by Gasteiger charge is -2.30. The van der Waals surface area contributed by atoms with Crippen LogP contribution in [-0.2, 0) is 6.42 Å². The third-order valence-electron chi connectivity index (χ3n) is 4.02. The van der Waals surface area contributed by atoms with Crippen molar-refractivity contribution in [2.75, 3.05) is 33.8 Å². The summed E-state index contributed by atoms with van der Waals surface area (Å²) in [5.41, 5.74) is 6.85. The molecule has 2 N–H and O–H groups in total. The normalized spacial score (nSPS) is 19.5. The average Bonchev–Trinajstić information content (AvgIpc) is 2.48. The van der Waals surface area contributed by atoms with Crippen LogP contribution in [-0.4, -0.2) is 44.8 Å². The SMILES string of the molecule is COc1ccc(CCCCN)cc1OC1CCCN(C)C1. The van der Waals surface area contributed by atoms with E-state index in [9.17, 15) is 0 Å². The van der Waals surface area contributed by atoms with Crippen molar-refractivity contribution in [2.24, 2.45) is 5.73 Å². The molecule has 1 unspecified atom stereocenters. The molecule has 0 spiro atoms. The van der Waals surface area contributed by atoms with Gasteiger partial charge < -0.3 is 20.1 Å². The molecule has 0 radical (unpaired) electrons. The van der Waals surface area contributed by atoms with Crippen molar-refractivity contribution in [3.05, 3.63) is 23.8 Å². The number of rotatable bonds is 7. The van der Waals surface area contributed by atoms with E-state index in [0.29, 0.717) is 0 Å². The number of ether oxygens (including phenoxy) is 2. The van der Waals surface area contributed by atoms with Crippen LogP contribution < -0.4 is 15.2 Å². The number of hydrogen-bond acceptors (Lipinski definition) is 4. The molecule has 1 saturated heterocycles. The van der Waals surface area contributed by atoms with Crippen LogP contribution in [0.25, 0.3) is 0 Å². The number of nitrogens with two attached hydrogens (primary N) is 1. The van der Waals surface area contributed by atoms with E-state index in [0.717, 1.165) is 56.8 Å². The molecule has 1 aromatic carbocycles. The maximum Gasteiger partial charge on any atom is 0.161 e. The van der Waals surface area contributed by atoms with E-state index < -0.39 is 0 Å². The molecule has 0 bridgehead atoms. The highest BCUT2D eigenvalue weighted by molar-refractivity contribution is 5.43. The first kappa shape index (κ1) is 16.1. The molecule has 4 heteroatoms. The molecule has 1 aliphatic heterocycles. The summed E-state index contributed by atoms with van der Waals surface area (Å²) in [4.78, 5) is 2.33. The van der Waals surface area contributed by atoms with Gasteiger partial charge in [-0.05, 0) is 69.9 Å². The number of likely N-dealkylation sites (N-methyl/N-ethyl adjacent to an activating group) is 1. The Morgan fingerprint density at radius 3 is 2.86 bits per heavy atom. The van der Waals surface area contributed by atoms with Gasteiger partial charge in [0.1, 0.15) is 6.10 Å². The van der Waals surface area contributed by atoms with Gasteiger partial charge in [-0.25, -0.2) is 0 Å². The minimum Gasteiger partial charge on any atom is -0.493 e. The van der Waals surface area contributed by atoms with Crippen LogP contribution in [0.2, 0.25) is 0 Å². The molecule has 0 aliphatic carbocycles. The molecule has 21 heavy (non-hydrogen) atoms. The van der Waals surface area contributed by atoms with Crippen LogP contribution in [0.4, 0.5) is 0 Å². The van der Waals surface area contributed by atoms with E-state index in [1.54, 1.807) is 7.11 Å². The first-order valence-electron chi connectivity index (χ1n) is 7.95. The van der Waals surface area contributed by atoms with Gasteiger partial charge in [0.25, 0.3) is 0 Å². The molecular formula is C17H28N2O2. The average molecular weight is 292 g/mol. The minimum atomic E-state index is 0.261. The molecule has 0 amide bonds. The van der Waals surface area contributed by atoms with Gasteiger partial charge >= 0.3 is 0 Å². The Hall–Kier alpha value is -1.26. The fraction of sp³-hybridized carbons (Fsp3) is 0.647. The van der Waals surface area contributed by atoms with Crippen LogP contribution in [0.3, 0.4) is 0 Å². The molecule has 2 rings (SSSR count). The molecule has 4 nitrogen and oxygen atoms in total. The zero-order valence-corrected chi connectivity index (χ0v) is 13.3. The zero-order valence-electron chi connectivity index (χ0n) is 13.3. The highest BCUT2D eigenvalue weighted by Crippen LogP contribution is 2.30. The Labute approximate surface area is 128 Å². The molecule has 0 saturated carbocycles. The number of aryl methyl sites for hydroxylation is 1. The number of likely N-dealkylation sites (tertiary alicyclic amines) is 1. The van der Waals surface area contributed by atoms with Gasteiger partial charge in [0.2, 0.25) is 0 Å². The first-order chi connectivity index (χ1) is 10.2. The summed E-state index contributed by atoms with van der Waals surface area (Å²) in [6.07, 6.45) is 5.80. The van der Waals surface area contributed by atoms with Gasteiger partial charge in [-0.15, -0.1) is 0 Å². The smallest absolute Gasteiger partial charge is 0.161 e. The van der Waals surface area contributed by atoms with E-state index in [1.165, 1.54) is 12.0 Å². The highest BCUT2D eigenvalue weighted by Gasteiger charge is 2.20. The molecule has 1 heterocycles. The minimum absolute atomic E-state index is 0.261. The van der Waals surface area contributed by atoms with Crippen molar-refractivity contribution in [1.82, 2.24) is 4.90 Å². The summed E-state index contributed by atoms with van der Waals surface area (Å²) in [6, 6.07) is 6.26. The fourth-order valence-corrected chi connectivity index (χ4v) is 2.84. The van der Waals surface area contributed by atoms with E-state index in [2.05, 4.69) is 24.1 Å². The monoisotopic (exact) mass is 292 g/mol. The summed E-state index contributed by atoms with van der Waals surface area (Å²) in [5.74, 6) is 1.70. The Balaban J connectivity index is 2.02. The van der Waals surface area contributed by atoms with Crippen LogP contribution in [0.5, 0.6) is 11.5 Å². The summed E-state index contributed by atoms with van der Waals surface area (Å²) in [7, 11) is 3.85. The second-order valence-corrected chi connectivity index (χ2v) is 5.88. The van der Waals surface area contributed by atoms with Crippen LogP contribution in [0, 0.1) is 0 Å². The predicted molar refractivity (Wildman–Crippen MR) is 86.1 cm³/mol. The predicted octanol–water partition coefficient (Wildman–Crippen LogP) is 2.45. The molecule has 1 fully saturated rings. The van der Waals surface area contributed by atoms with Crippen molar-refractivity contribution in [1.29, 1.82) is 0 Å². The van der Waals surface area contributed by atoms with Crippen LogP contribution in [0.1, 0.15) is 31.2 Å². The molecule has 1 aromatic rings. The van der Waals surface area contributed by atoms with Crippen LogP contribution in [0.15, 0.2) is 18.2 Å². The fourth-order valence-electron chi connectivity index (χ4n) is 2.84. The van der Waals surface area contributed by atoms with Crippen molar-refractivity contribution in [2.45, 2.75) is 38.2 Å². The van der Waals surface area contributed by atoms with Gasteiger partial charge in [0.05, 0.1) is 7.11 Å². The van der Waals surface area contributed by atoms with Crippen molar-refractivity contribution in [3.8, 4) is 11.5 Å². The number of nitrogens with zero attached hydrogens (tertiary/aromatic N) is 1. The lowest BCUT2D eigenvalue weighted by atomic mass is 10.1. The van der Waals surface area contributed by atoms with Crippen molar-refractivity contribution >= 4 is 0 Å². The van der Waals surface area contributed by atoms with Gasteiger partial charge in [0, 0.05) is 6.54 Å². The molecular weight excluding hydrogens is 264 g/mol. The van der Waals surface area contributed by atoms with Crippen molar-refractivity contribution < 1.29 is 9.47 Å². The van der Waals surface area contributed by atoms with E-state index in [1.807, 2.05) is 6.07 Å². The molecule has 0 aromatic heterocycles. The third-order valence-corrected chi connectivity index (χ3v) is 4.02. The quantitative estimate of drug-likeness (QED) is 0.784. The maximum atomic E-state index is 6.20. The van der Waals surface area contributed by atoms with E-state index >= 15 is 0 Å². The first-order valence-corrected chi connectivity index (χ1v) is 7.95. The Morgan fingerprint density at radius 2 is 2.14 bits per heavy atom. The number of methoxy groups -OCH3 is 1. The summed E-state index contributed by atoms with van der Waals surface area (Å²) in [5, 5.41) is 0. The third kappa shape index (κ3) is 4.90. The summed E-state index contributed by atoms with van der Waals surface area (Å²) < 4.78 is 11.6. The second kappa shape index (κ2) is 8.25. The van der Waals surface area contributed by atoms with Gasteiger partial charge in [-0.3, -0.25) is 0 Å². The lowest BCUT2D eigenvalue weighted by Crippen LogP contribution is -2.38. The number of unbranched alkanes of at least 4 members (excludes halogenated alkanes) is 1. The summed E-state index contributed by atoms with van der Waals surface area (Å²) in [6.45, 7) is 2.91. The lowest BCUT2D eigenvalue weighted by molar-refractivity contribution is 0.101. The molecule has 1 atom stereocenters. The Morgan fingerprint density at radius 1 is 1.29 bits per heavy atom. The summed E-state index contributed by atoms with van der Waals surface area (Å²) >= 11 is 0. The standard InChI is InChI=1S/C17H28N2O2/c1-19-11-5-7-15(13-19)21-17-12-14(6-3-4-10-18)8-9-16(17)20-2/h8-9,12,15H,3-7,10-11,13,18H2,1-2H3. The van der Waals surface area contributed by atoms with Crippen molar-refractivity contribution in [3.63, 3.8) is 0 Å². The van der Waals surface area contributed by atoms with E-state index in [4.69, 9.17) is 15.2 Å². The number of benzene rings is 1. The van der Waals surface area contributed by atoms with Gasteiger partial charge in [0.15, 0.2) is 11.5 Å². The largest absolute Gasteiger partial charge is 0.493 e. The molecule has 1 aliphatic rings. The number of hydrogen-bond donors (Lipinski definition) is 1. The van der Waals surface area contributed by atoms with Gasteiger partial charge in [-0.1, -0.05) is 6.07 Å². The van der Waals surface area contributed by atoms with Crippen LogP contribution >= 0.6 is 0 Å². The van der Waals surface area contributed by atoms with Gasteiger partial charge in [-0.2, -0.15) is 0 Å². The second-order valence-electron chi connectivity index (χ2n) is 5.88. The maximum absolute atomic E-state index is 6.20. The Bertz CT molecular complexity index is 437. The highest BCUT2D eigenvalue weighted by atomic mass is 16.5.